The molecule has 0 aliphatic heterocycles. The summed E-state index contributed by atoms with van der Waals surface area (Å²) in [5.74, 6) is -0.242. The summed E-state index contributed by atoms with van der Waals surface area (Å²) in [4.78, 5) is 22.2. The van der Waals surface area contributed by atoms with E-state index in [4.69, 9.17) is 38.8 Å². The second kappa shape index (κ2) is 7.36. The van der Waals surface area contributed by atoms with Crippen LogP contribution in [-0.2, 0) is 11.3 Å². The number of amidine groups is 1. The first-order valence-corrected chi connectivity index (χ1v) is 7.05. The van der Waals surface area contributed by atoms with Crippen LogP contribution < -0.4 is 5.73 Å². The highest BCUT2D eigenvalue weighted by molar-refractivity contribution is 6.42. The smallest absolute Gasteiger partial charge is 0.433 e. The molecule has 9 heteroatoms. The Labute approximate surface area is 141 Å². The molecule has 0 bridgehead atoms. The van der Waals surface area contributed by atoms with Crippen molar-refractivity contribution in [3.05, 3.63) is 45.8 Å². The molecule has 0 unspecified atom stereocenters. The summed E-state index contributed by atoms with van der Waals surface area (Å²) < 4.78 is 5.14. The number of aliphatic imine (C=N–C) groups is 1. The number of methoxy groups -OCH3 is 1. The van der Waals surface area contributed by atoms with Crippen LogP contribution in [0.2, 0.25) is 10.0 Å². The van der Waals surface area contributed by atoms with E-state index in [1.807, 2.05) is 0 Å². The van der Waals surface area contributed by atoms with Crippen molar-refractivity contribution in [2.75, 3.05) is 7.11 Å². The summed E-state index contributed by atoms with van der Waals surface area (Å²) in [6, 6.07) is 5.00. The number of hydrogen-bond acceptors (Lipinski definition) is 4. The lowest BCUT2D eigenvalue weighted by atomic mass is 10.0. The Bertz CT molecular complexity index is 781. The van der Waals surface area contributed by atoms with E-state index < -0.39 is 6.09 Å². The monoisotopic (exact) mass is 354 g/mol. The van der Waals surface area contributed by atoms with Gasteiger partial charge in [-0.2, -0.15) is 4.99 Å². The zero-order chi connectivity index (χ0) is 17.0. The van der Waals surface area contributed by atoms with E-state index in [1.54, 1.807) is 18.2 Å². The maximum Gasteiger partial charge on any atom is 0.433 e. The summed E-state index contributed by atoms with van der Waals surface area (Å²) in [7, 11) is 1.49. The molecule has 120 valence electrons. The van der Waals surface area contributed by atoms with Gasteiger partial charge in [0, 0.05) is 18.2 Å². The van der Waals surface area contributed by atoms with Crippen molar-refractivity contribution in [2.45, 2.75) is 6.61 Å². The molecule has 0 aliphatic carbocycles. The molecule has 1 amide bonds. The normalized spacial score (nSPS) is 11.5. The molecule has 0 aliphatic rings. The van der Waals surface area contributed by atoms with Gasteiger partial charge >= 0.3 is 6.09 Å². The Morgan fingerprint density at radius 1 is 1.35 bits per heavy atom. The highest BCUT2D eigenvalue weighted by atomic mass is 35.5. The number of benzene rings is 1. The second-order valence-corrected chi connectivity index (χ2v) is 5.21. The van der Waals surface area contributed by atoms with Gasteiger partial charge in [0.2, 0.25) is 0 Å². The fraction of sp³-hybridized carbons (Fsp3) is 0.143. The van der Waals surface area contributed by atoms with Crippen LogP contribution in [0.5, 0.6) is 0 Å². The van der Waals surface area contributed by atoms with E-state index in [0.717, 1.165) is 0 Å². The van der Waals surface area contributed by atoms with Gasteiger partial charge < -0.3 is 15.6 Å². The van der Waals surface area contributed by atoms with Gasteiger partial charge in [0.25, 0.3) is 0 Å². The topological polar surface area (TPSA) is 111 Å². The fourth-order valence-corrected chi connectivity index (χ4v) is 2.26. The van der Waals surface area contributed by atoms with Crippen molar-refractivity contribution in [3.63, 3.8) is 0 Å². The number of aromatic nitrogens is 2. The molecule has 1 heterocycles. The summed E-state index contributed by atoms with van der Waals surface area (Å²) in [6.45, 7) is 0.113. The first kappa shape index (κ1) is 17.1. The minimum atomic E-state index is -1.42. The van der Waals surface area contributed by atoms with E-state index in [1.165, 1.54) is 13.4 Å². The van der Waals surface area contributed by atoms with Crippen LogP contribution in [0, 0.1) is 0 Å². The number of halogens is 2. The zero-order valence-electron chi connectivity index (χ0n) is 12.0. The maximum atomic E-state index is 10.7. The molecule has 3 N–H and O–H groups in total. The minimum absolute atomic E-state index is 0.113. The zero-order valence-corrected chi connectivity index (χ0v) is 13.5. The molecule has 7 nitrogen and oxygen atoms in total. The Morgan fingerprint density at radius 3 is 2.70 bits per heavy atom. The number of nitrogens with two attached hydrogens (primary N) is 1. The van der Waals surface area contributed by atoms with E-state index in [9.17, 15) is 4.79 Å². The number of carboxylic acid groups (broad SMARTS) is 1. The number of amides is 1. The molecule has 0 saturated heterocycles. The molecule has 23 heavy (non-hydrogen) atoms. The Hall–Kier alpha value is -2.22. The van der Waals surface area contributed by atoms with Gasteiger partial charge in [0.05, 0.1) is 22.3 Å². The van der Waals surface area contributed by atoms with Gasteiger partial charge in [-0.15, -0.1) is 0 Å². The lowest BCUT2D eigenvalue weighted by Crippen LogP contribution is -2.20. The van der Waals surface area contributed by atoms with E-state index in [-0.39, 0.29) is 18.1 Å². The molecule has 2 aromatic rings. The van der Waals surface area contributed by atoms with Crippen LogP contribution in [0.25, 0.3) is 11.3 Å². The number of hydrogen-bond donors (Lipinski definition) is 2. The molecule has 0 spiro atoms. The quantitative estimate of drug-likeness (QED) is 0.644. The van der Waals surface area contributed by atoms with E-state index >= 15 is 0 Å². The van der Waals surface area contributed by atoms with Crippen molar-refractivity contribution >= 4 is 35.1 Å². The van der Waals surface area contributed by atoms with Gasteiger partial charge in [0.15, 0.2) is 5.84 Å². The van der Waals surface area contributed by atoms with E-state index in [0.29, 0.717) is 26.9 Å². The lowest BCUT2D eigenvalue weighted by molar-refractivity contribution is 0.184. The summed E-state index contributed by atoms with van der Waals surface area (Å²) in [6.07, 6.45) is -0.156. The van der Waals surface area contributed by atoms with Crippen LogP contribution in [0.3, 0.4) is 0 Å². The Balaban J connectivity index is 2.64. The van der Waals surface area contributed by atoms with Gasteiger partial charge in [-0.1, -0.05) is 29.3 Å². The first-order chi connectivity index (χ1) is 10.9. The number of rotatable bonds is 4. The summed E-state index contributed by atoms with van der Waals surface area (Å²) >= 11 is 11.9. The minimum Gasteiger partial charge on any atom is -0.463 e. The van der Waals surface area contributed by atoms with E-state index in [2.05, 4.69) is 15.0 Å². The standard InChI is InChI=1S/C14H12Cl2N4O3/c1-23-5-8-11(7-2-3-9(15)10(16)4-7)18-6-19-12(8)13(17)20-14(21)22/h2-4,6H,5H2,1H3,(H2,17,20)(H,21,22). The molecule has 0 fully saturated rings. The number of nitrogens with zero attached hydrogens (tertiary/aromatic N) is 3. The lowest BCUT2D eigenvalue weighted by Gasteiger charge is -2.12. The van der Waals surface area contributed by atoms with Crippen molar-refractivity contribution in [1.29, 1.82) is 0 Å². The molecule has 0 saturated carbocycles. The summed E-state index contributed by atoms with van der Waals surface area (Å²) in [5, 5.41) is 9.51. The van der Waals surface area contributed by atoms with Crippen LogP contribution in [0.15, 0.2) is 29.5 Å². The third-order valence-electron chi connectivity index (χ3n) is 2.89. The third kappa shape index (κ3) is 3.95. The Kier molecular flexibility index (Phi) is 5.49. The number of ether oxygens (including phenoxy) is 1. The van der Waals surface area contributed by atoms with Crippen molar-refractivity contribution in [2.24, 2.45) is 10.7 Å². The molecule has 0 radical (unpaired) electrons. The molecular weight excluding hydrogens is 343 g/mol. The molecule has 1 aromatic carbocycles. The van der Waals surface area contributed by atoms with Gasteiger partial charge in [-0.25, -0.2) is 14.8 Å². The predicted molar refractivity (Wildman–Crippen MR) is 87.0 cm³/mol. The average Bonchev–Trinajstić information content (AvgIpc) is 2.50. The Morgan fingerprint density at radius 2 is 2.09 bits per heavy atom. The average molecular weight is 355 g/mol. The molecule has 2 rings (SSSR count). The van der Waals surface area contributed by atoms with Gasteiger partial charge in [0.1, 0.15) is 12.0 Å². The third-order valence-corrected chi connectivity index (χ3v) is 3.62. The molecule has 0 atom stereocenters. The predicted octanol–water partition coefficient (Wildman–Crippen LogP) is 2.98. The van der Waals surface area contributed by atoms with Crippen LogP contribution in [0.4, 0.5) is 4.79 Å². The van der Waals surface area contributed by atoms with Crippen molar-refractivity contribution in [3.8, 4) is 11.3 Å². The molecular formula is C14H12Cl2N4O3. The largest absolute Gasteiger partial charge is 0.463 e. The van der Waals surface area contributed by atoms with Crippen LogP contribution in [0.1, 0.15) is 11.3 Å². The highest BCUT2D eigenvalue weighted by Crippen LogP contribution is 2.30. The van der Waals surface area contributed by atoms with Crippen LogP contribution in [-0.4, -0.2) is 34.1 Å². The van der Waals surface area contributed by atoms with Gasteiger partial charge in [-0.05, 0) is 12.1 Å². The first-order valence-electron chi connectivity index (χ1n) is 6.29. The van der Waals surface area contributed by atoms with Gasteiger partial charge in [-0.3, -0.25) is 0 Å². The van der Waals surface area contributed by atoms with Crippen LogP contribution >= 0.6 is 23.2 Å². The second-order valence-electron chi connectivity index (χ2n) is 4.39. The number of carbonyl (C=O) groups is 1. The summed E-state index contributed by atoms with van der Waals surface area (Å²) in [5.41, 5.74) is 7.55. The maximum absolute atomic E-state index is 10.7. The molecule has 1 aromatic heterocycles. The van der Waals surface area contributed by atoms with Crippen molar-refractivity contribution < 1.29 is 14.6 Å². The fourth-order valence-electron chi connectivity index (χ4n) is 1.96. The SMILES string of the molecule is COCc1c(/C(N)=N/C(=O)O)ncnc1-c1ccc(Cl)c(Cl)c1. The van der Waals surface area contributed by atoms with Crippen molar-refractivity contribution in [1.82, 2.24) is 9.97 Å². The highest BCUT2D eigenvalue weighted by Gasteiger charge is 2.17.